The number of sulfonamides is 1. The van der Waals surface area contributed by atoms with Gasteiger partial charge in [-0.05, 0) is 56.2 Å². The molecule has 0 unspecified atom stereocenters. The lowest BCUT2D eigenvalue weighted by Gasteiger charge is -2.32. The molecule has 0 spiro atoms. The molecule has 0 aliphatic carbocycles. The van der Waals surface area contributed by atoms with Gasteiger partial charge in [-0.3, -0.25) is 13.9 Å². The number of carbonyl (C=O) groups excluding carboxylic acids is 2. The van der Waals surface area contributed by atoms with Gasteiger partial charge >= 0.3 is 6.18 Å². The van der Waals surface area contributed by atoms with Crippen molar-refractivity contribution in [3.05, 3.63) is 64.1 Å². The van der Waals surface area contributed by atoms with E-state index in [-0.39, 0.29) is 18.3 Å². The molecule has 2 amide bonds. The molecular formula is C24H29BrF3N3O4S. The van der Waals surface area contributed by atoms with Crippen LogP contribution in [-0.4, -0.2) is 50.0 Å². The van der Waals surface area contributed by atoms with E-state index in [0.717, 1.165) is 22.9 Å². The molecular weight excluding hydrogens is 563 g/mol. The summed E-state index contributed by atoms with van der Waals surface area (Å²) in [7, 11) is -4.15. The minimum Gasteiger partial charge on any atom is -0.352 e. The summed E-state index contributed by atoms with van der Waals surface area (Å²) >= 11 is 3.35. The van der Waals surface area contributed by atoms with E-state index in [9.17, 15) is 31.2 Å². The molecule has 0 aromatic heterocycles. The number of benzene rings is 2. The van der Waals surface area contributed by atoms with Crippen LogP contribution in [0.1, 0.15) is 38.3 Å². The summed E-state index contributed by atoms with van der Waals surface area (Å²) in [4.78, 5) is 27.5. The normalized spacial score (nSPS) is 13.6. The standard InChI is InChI=1S/C24H29BrF3N3O4S/c1-5-16(2)29-23(33)17(3)30(14-18-8-6-10-20(25)12-18)22(32)15-31(36(4,34)35)21-11-7-9-19(13-21)24(26,27)28/h6-13,16-17H,5,14-15H2,1-4H3,(H,29,33)/t16-,17-/m0/s1. The summed E-state index contributed by atoms with van der Waals surface area (Å²) < 4.78 is 66.1. The Bertz CT molecular complexity index is 1190. The molecule has 36 heavy (non-hydrogen) atoms. The Balaban J connectivity index is 2.44. The highest BCUT2D eigenvalue weighted by Gasteiger charge is 2.33. The molecule has 12 heteroatoms. The van der Waals surface area contributed by atoms with E-state index in [1.54, 1.807) is 24.3 Å². The molecule has 0 bridgehead atoms. The first kappa shape index (κ1) is 29.6. The second-order valence-electron chi connectivity index (χ2n) is 8.46. The summed E-state index contributed by atoms with van der Waals surface area (Å²) in [5, 5.41) is 2.80. The van der Waals surface area contributed by atoms with E-state index >= 15 is 0 Å². The second kappa shape index (κ2) is 12.1. The molecule has 1 N–H and O–H groups in total. The van der Waals surface area contributed by atoms with Crippen LogP contribution in [0.2, 0.25) is 0 Å². The van der Waals surface area contributed by atoms with Crippen molar-refractivity contribution in [3.8, 4) is 0 Å². The number of rotatable bonds is 10. The maximum atomic E-state index is 13.5. The highest BCUT2D eigenvalue weighted by atomic mass is 79.9. The minimum atomic E-state index is -4.70. The van der Waals surface area contributed by atoms with Crippen LogP contribution >= 0.6 is 15.9 Å². The van der Waals surface area contributed by atoms with Crippen LogP contribution in [0.25, 0.3) is 0 Å². The van der Waals surface area contributed by atoms with E-state index in [1.807, 2.05) is 13.8 Å². The molecule has 0 radical (unpaired) electrons. The fraction of sp³-hybridized carbons (Fsp3) is 0.417. The predicted octanol–water partition coefficient (Wildman–Crippen LogP) is 4.57. The molecule has 0 saturated carbocycles. The van der Waals surface area contributed by atoms with E-state index in [0.29, 0.717) is 22.4 Å². The first-order chi connectivity index (χ1) is 16.6. The molecule has 7 nitrogen and oxygen atoms in total. The van der Waals surface area contributed by atoms with E-state index < -0.39 is 46.2 Å². The Morgan fingerprint density at radius 2 is 1.72 bits per heavy atom. The Labute approximate surface area is 217 Å². The van der Waals surface area contributed by atoms with Gasteiger partial charge in [-0.25, -0.2) is 8.42 Å². The number of nitrogens with one attached hydrogen (secondary N) is 1. The van der Waals surface area contributed by atoms with Crippen molar-refractivity contribution in [1.82, 2.24) is 10.2 Å². The maximum absolute atomic E-state index is 13.5. The van der Waals surface area contributed by atoms with Crippen molar-refractivity contribution in [2.24, 2.45) is 0 Å². The lowest BCUT2D eigenvalue weighted by atomic mass is 10.1. The SMILES string of the molecule is CC[C@H](C)NC(=O)[C@H](C)N(Cc1cccc(Br)c1)C(=O)CN(c1cccc(C(F)(F)F)c1)S(C)(=O)=O. The summed E-state index contributed by atoms with van der Waals surface area (Å²) in [5.74, 6) is -1.18. The zero-order valence-corrected chi connectivity index (χ0v) is 22.7. The van der Waals surface area contributed by atoms with E-state index in [2.05, 4.69) is 21.2 Å². The van der Waals surface area contributed by atoms with Crippen LogP contribution in [0.3, 0.4) is 0 Å². The molecule has 0 saturated heterocycles. The molecule has 2 aromatic rings. The predicted molar refractivity (Wildman–Crippen MR) is 136 cm³/mol. The van der Waals surface area contributed by atoms with Crippen LogP contribution in [0, 0.1) is 0 Å². The van der Waals surface area contributed by atoms with Crippen molar-refractivity contribution in [3.63, 3.8) is 0 Å². The molecule has 0 aliphatic heterocycles. The lowest BCUT2D eigenvalue weighted by molar-refractivity contribution is -0.139. The summed E-state index contributed by atoms with van der Waals surface area (Å²) in [6, 6.07) is 9.63. The molecule has 0 aliphatic rings. The quantitative estimate of drug-likeness (QED) is 0.438. The van der Waals surface area contributed by atoms with Gasteiger partial charge in [0.25, 0.3) is 0 Å². The first-order valence-corrected chi connectivity index (χ1v) is 13.8. The molecule has 0 fully saturated rings. The molecule has 198 valence electrons. The third-order valence-electron chi connectivity index (χ3n) is 5.55. The number of hydrogen-bond donors (Lipinski definition) is 1. The Hall–Kier alpha value is -2.60. The third-order valence-corrected chi connectivity index (χ3v) is 7.18. The van der Waals surface area contributed by atoms with Crippen molar-refractivity contribution in [2.45, 2.75) is 52.0 Å². The Morgan fingerprint density at radius 1 is 1.08 bits per heavy atom. The van der Waals surface area contributed by atoms with Gasteiger partial charge in [-0.15, -0.1) is 0 Å². The van der Waals surface area contributed by atoms with Gasteiger partial charge in [-0.1, -0.05) is 41.1 Å². The minimum absolute atomic E-state index is 0.0203. The van der Waals surface area contributed by atoms with Crippen molar-refractivity contribution < 1.29 is 31.2 Å². The fourth-order valence-corrected chi connectivity index (χ4v) is 4.62. The Kier molecular flexibility index (Phi) is 9.95. The van der Waals surface area contributed by atoms with Crippen LogP contribution in [0.15, 0.2) is 53.0 Å². The summed E-state index contributed by atoms with van der Waals surface area (Å²) in [6.45, 7) is 4.41. The average molecular weight is 592 g/mol. The smallest absolute Gasteiger partial charge is 0.352 e. The topological polar surface area (TPSA) is 86.8 Å². The van der Waals surface area contributed by atoms with Crippen molar-refractivity contribution in [1.29, 1.82) is 0 Å². The number of carbonyl (C=O) groups is 2. The average Bonchev–Trinajstić information content (AvgIpc) is 2.79. The van der Waals surface area contributed by atoms with Crippen LogP contribution in [0.4, 0.5) is 18.9 Å². The van der Waals surface area contributed by atoms with Crippen molar-refractivity contribution in [2.75, 3.05) is 17.1 Å². The Morgan fingerprint density at radius 3 is 2.28 bits per heavy atom. The molecule has 0 heterocycles. The number of anilines is 1. The van der Waals surface area contributed by atoms with Crippen LogP contribution in [0.5, 0.6) is 0 Å². The fourth-order valence-electron chi connectivity index (χ4n) is 3.33. The van der Waals surface area contributed by atoms with E-state index in [4.69, 9.17) is 0 Å². The second-order valence-corrected chi connectivity index (χ2v) is 11.3. The highest BCUT2D eigenvalue weighted by Crippen LogP contribution is 2.32. The number of amides is 2. The summed E-state index contributed by atoms with van der Waals surface area (Å²) in [5.41, 5.74) is -0.681. The third kappa shape index (κ3) is 8.22. The molecule has 2 aromatic carbocycles. The van der Waals surface area contributed by atoms with Gasteiger partial charge < -0.3 is 10.2 Å². The number of halogens is 4. The largest absolute Gasteiger partial charge is 0.416 e. The van der Waals surface area contributed by atoms with Gasteiger partial charge in [0.15, 0.2) is 0 Å². The van der Waals surface area contributed by atoms with Gasteiger partial charge in [0.05, 0.1) is 17.5 Å². The maximum Gasteiger partial charge on any atom is 0.416 e. The molecule has 2 rings (SSSR count). The van der Waals surface area contributed by atoms with Crippen molar-refractivity contribution >= 4 is 43.5 Å². The van der Waals surface area contributed by atoms with Crippen LogP contribution < -0.4 is 9.62 Å². The zero-order valence-electron chi connectivity index (χ0n) is 20.3. The zero-order chi connectivity index (χ0) is 27.3. The highest BCUT2D eigenvalue weighted by molar-refractivity contribution is 9.10. The van der Waals surface area contributed by atoms with Gasteiger partial charge in [0, 0.05) is 17.1 Å². The first-order valence-electron chi connectivity index (χ1n) is 11.1. The monoisotopic (exact) mass is 591 g/mol. The van der Waals surface area contributed by atoms with Gasteiger partial charge in [0.1, 0.15) is 12.6 Å². The van der Waals surface area contributed by atoms with Gasteiger partial charge in [-0.2, -0.15) is 13.2 Å². The van der Waals surface area contributed by atoms with E-state index in [1.165, 1.54) is 17.9 Å². The number of nitrogens with zero attached hydrogens (tertiary/aromatic N) is 2. The number of hydrogen-bond acceptors (Lipinski definition) is 4. The lowest BCUT2D eigenvalue weighted by Crippen LogP contribution is -2.52. The number of alkyl halides is 3. The molecule has 2 atom stereocenters. The summed E-state index contributed by atoms with van der Waals surface area (Å²) in [6.07, 6.45) is -3.23. The van der Waals surface area contributed by atoms with Crippen LogP contribution in [-0.2, 0) is 32.3 Å². The van der Waals surface area contributed by atoms with Gasteiger partial charge in [0.2, 0.25) is 21.8 Å².